The number of nitrogens with zero attached hydrogens (tertiary/aromatic N) is 1. The average molecular weight is 703 g/mol. The van der Waals surface area contributed by atoms with Gasteiger partial charge in [-0.05, 0) is 64.2 Å². The molecule has 0 saturated carbocycles. The first-order valence-electron chi connectivity index (χ1n) is 19.3. The number of quaternary nitrogens is 1. The van der Waals surface area contributed by atoms with Crippen molar-refractivity contribution in [2.24, 2.45) is 0 Å². The summed E-state index contributed by atoms with van der Waals surface area (Å²) in [7, 11) is 5.49. The van der Waals surface area contributed by atoms with Crippen molar-refractivity contribution in [3.63, 3.8) is 0 Å². The van der Waals surface area contributed by atoms with E-state index in [2.05, 4.69) is 68.5 Å². The maximum Gasteiger partial charge on any atom is 0.362 e. The Morgan fingerprint density at radius 3 is 1.76 bits per heavy atom. The van der Waals surface area contributed by atoms with Gasteiger partial charge in [0.2, 0.25) is 0 Å². The summed E-state index contributed by atoms with van der Waals surface area (Å²) < 4.78 is 17.1. The van der Waals surface area contributed by atoms with Crippen LogP contribution >= 0.6 is 0 Å². The van der Waals surface area contributed by atoms with E-state index >= 15 is 0 Å². The molecule has 0 radical (unpaired) electrons. The van der Waals surface area contributed by atoms with Gasteiger partial charge in [-0.15, -0.1) is 0 Å². The molecule has 0 rings (SSSR count). The second kappa shape index (κ2) is 33.2. The summed E-state index contributed by atoms with van der Waals surface area (Å²) >= 11 is 0. The normalized spacial score (nSPS) is 13.7. The van der Waals surface area contributed by atoms with Crippen LogP contribution in [0.4, 0.5) is 0 Å². The molecular formula is C42H72NO7+. The van der Waals surface area contributed by atoms with E-state index in [4.69, 9.17) is 14.2 Å². The van der Waals surface area contributed by atoms with Gasteiger partial charge >= 0.3 is 17.9 Å². The van der Waals surface area contributed by atoms with E-state index in [1.807, 2.05) is 27.2 Å². The van der Waals surface area contributed by atoms with Crippen molar-refractivity contribution < 1.29 is 38.2 Å². The van der Waals surface area contributed by atoms with Crippen molar-refractivity contribution in [3.05, 3.63) is 60.8 Å². The minimum Gasteiger partial charge on any atom is -0.477 e. The lowest BCUT2D eigenvalue weighted by atomic mass is 10.1. The summed E-state index contributed by atoms with van der Waals surface area (Å²) in [6.45, 7) is 4.47. The molecular weight excluding hydrogens is 630 g/mol. The minimum absolute atomic E-state index is 0.0380. The smallest absolute Gasteiger partial charge is 0.362 e. The van der Waals surface area contributed by atoms with Crippen LogP contribution in [0.25, 0.3) is 0 Å². The van der Waals surface area contributed by atoms with Gasteiger partial charge in [0.05, 0.1) is 34.4 Å². The Bertz CT molecular complexity index is 1010. The van der Waals surface area contributed by atoms with Crippen LogP contribution in [0, 0.1) is 0 Å². The van der Waals surface area contributed by atoms with E-state index in [1.165, 1.54) is 25.7 Å². The zero-order valence-electron chi connectivity index (χ0n) is 32.3. The highest BCUT2D eigenvalue weighted by atomic mass is 16.6. The zero-order valence-corrected chi connectivity index (χ0v) is 32.3. The summed E-state index contributed by atoms with van der Waals surface area (Å²) in [5, 5.41) is 9.56. The molecule has 50 heavy (non-hydrogen) atoms. The lowest BCUT2D eigenvalue weighted by molar-refractivity contribution is -0.887. The van der Waals surface area contributed by atoms with E-state index in [9.17, 15) is 19.5 Å². The van der Waals surface area contributed by atoms with Crippen molar-refractivity contribution >= 4 is 17.9 Å². The van der Waals surface area contributed by atoms with E-state index < -0.39 is 18.1 Å². The monoisotopic (exact) mass is 703 g/mol. The fourth-order valence-electron chi connectivity index (χ4n) is 5.16. The number of allylic oxidation sites excluding steroid dienone is 10. The predicted octanol–water partition coefficient (Wildman–Crippen LogP) is 9.85. The van der Waals surface area contributed by atoms with Crippen LogP contribution in [0.5, 0.6) is 0 Å². The number of likely N-dealkylation sites (N-methyl/N-ethyl adjacent to an activating group) is 1. The van der Waals surface area contributed by atoms with Gasteiger partial charge in [0, 0.05) is 19.3 Å². The molecule has 2 unspecified atom stereocenters. The molecule has 0 spiro atoms. The number of carboxylic acid groups (broad SMARTS) is 1. The van der Waals surface area contributed by atoms with Gasteiger partial charge in [0.1, 0.15) is 6.61 Å². The van der Waals surface area contributed by atoms with Gasteiger partial charge < -0.3 is 23.8 Å². The third-order valence-corrected chi connectivity index (χ3v) is 8.16. The number of carbonyl (C=O) groups is 3. The molecule has 286 valence electrons. The van der Waals surface area contributed by atoms with Gasteiger partial charge in [0.15, 0.2) is 12.1 Å². The molecule has 1 N–H and O–H groups in total. The van der Waals surface area contributed by atoms with Crippen molar-refractivity contribution in [1.29, 1.82) is 0 Å². The van der Waals surface area contributed by atoms with Crippen LogP contribution in [0.1, 0.15) is 136 Å². The Balaban J connectivity index is 4.33. The maximum absolute atomic E-state index is 12.5. The molecule has 0 amide bonds. The van der Waals surface area contributed by atoms with Crippen molar-refractivity contribution in [3.8, 4) is 0 Å². The molecule has 0 aromatic rings. The Morgan fingerprint density at radius 1 is 0.620 bits per heavy atom. The topological polar surface area (TPSA) is 99.1 Å². The number of hydrogen-bond donors (Lipinski definition) is 1. The fourth-order valence-corrected chi connectivity index (χ4v) is 5.16. The second-order valence-corrected chi connectivity index (χ2v) is 13.8. The number of aliphatic carboxylic acids is 1. The molecule has 0 fully saturated rings. The van der Waals surface area contributed by atoms with Crippen molar-refractivity contribution in [2.45, 2.75) is 148 Å². The molecule has 0 aliphatic carbocycles. The largest absolute Gasteiger partial charge is 0.477 e. The molecule has 8 nitrogen and oxygen atoms in total. The summed E-state index contributed by atoms with van der Waals surface area (Å²) in [5.41, 5.74) is 0. The van der Waals surface area contributed by atoms with Crippen LogP contribution in [-0.4, -0.2) is 80.6 Å². The molecule has 0 saturated heterocycles. The van der Waals surface area contributed by atoms with Crippen molar-refractivity contribution in [2.75, 3.05) is 41.0 Å². The first kappa shape index (κ1) is 47.0. The van der Waals surface area contributed by atoms with E-state index in [-0.39, 0.29) is 42.7 Å². The number of hydrogen-bond acceptors (Lipinski definition) is 6. The number of carbonyl (C=O) groups excluding carboxylic acids is 2. The maximum atomic E-state index is 12.5. The third kappa shape index (κ3) is 31.0. The van der Waals surface area contributed by atoms with E-state index in [1.54, 1.807) is 0 Å². The Hall–Kier alpha value is -2.97. The molecule has 2 atom stereocenters. The number of ether oxygens (including phenoxy) is 3. The van der Waals surface area contributed by atoms with E-state index in [0.717, 1.165) is 70.6 Å². The van der Waals surface area contributed by atoms with Crippen LogP contribution in [0.3, 0.4) is 0 Å². The molecule has 0 aliphatic rings. The average Bonchev–Trinajstić information content (AvgIpc) is 3.06. The van der Waals surface area contributed by atoms with Crippen molar-refractivity contribution in [1.82, 2.24) is 0 Å². The highest BCUT2D eigenvalue weighted by Crippen LogP contribution is 2.12. The van der Waals surface area contributed by atoms with Gasteiger partial charge in [-0.2, -0.15) is 0 Å². The fraction of sp³-hybridized carbons (Fsp3) is 0.690. The number of rotatable bonds is 33. The van der Waals surface area contributed by atoms with Gasteiger partial charge in [-0.25, -0.2) is 4.79 Å². The molecule has 0 aromatic carbocycles. The number of carboxylic acids is 1. The number of unbranched alkanes of at least 4 members (excludes halogenated alkanes) is 9. The Labute approximate surface area is 305 Å². The van der Waals surface area contributed by atoms with Crippen LogP contribution in [0.15, 0.2) is 60.8 Å². The second-order valence-electron chi connectivity index (χ2n) is 13.8. The van der Waals surface area contributed by atoms with Gasteiger partial charge in [0.25, 0.3) is 0 Å². The molecule has 0 aromatic heterocycles. The lowest BCUT2D eigenvalue weighted by Gasteiger charge is -2.31. The van der Waals surface area contributed by atoms with Crippen LogP contribution < -0.4 is 0 Å². The highest BCUT2D eigenvalue weighted by Gasteiger charge is 2.31. The standard InChI is InChI=1S/C42H71NO7/c1-6-8-10-12-14-15-16-17-18-19-20-21-22-23-24-25-27-28-30-32-40(44)49-37-38(36-48-35-34-39(42(46)47)43(3,4)5)50-41(45)33-31-29-26-13-11-9-7-2/h8,10,14-15,17-18,20-21,26,29,38-39H,6-7,9,11-13,16,19,22-25,27-28,30-37H2,1-5H3/p+1/b10-8+,15-14+,18-17+,21-20+,29-26+. The lowest BCUT2D eigenvalue weighted by Crippen LogP contribution is -2.50. The van der Waals surface area contributed by atoms with Gasteiger partial charge in [-0.1, -0.05) is 113 Å². The van der Waals surface area contributed by atoms with E-state index in [0.29, 0.717) is 19.3 Å². The molecule has 8 heteroatoms. The highest BCUT2D eigenvalue weighted by molar-refractivity contribution is 5.72. The van der Waals surface area contributed by atoms with Crippen LogP contribution in [0.2, 0.25) is 0 Å². The first-order chi connectivity index (χ1) is 24.1. The summed E-state index contributed by atoms with van der Waals surface area (Å²) in [4.78, 5) is 36.6. The summed E-state index contributed by atoms with van der Waals surface area (Å²) in [5.74, 6) is -1.57. The number of esters is 2. The molecule has 0 aliphatic heterocycles. The predicted molar refractivity (Wildman–Crippen MR) is 206 cm³/mol. The minimum atomic E-state index is -0.886. The molecule has 0 bridgehead atoms. The Kier molecular flexibility index (Phi) is 31.2. The first-order valence-corrected chi connectivity index (χ1v) is 19.3. The quantitative estimate of drug-likeness (QED) is 0.0315. The SMILES string of the molecule is CC/C=C/C/C=C/C/C=C/C/C=C/CCCCCCCCC(=O)OCC(COCCC(C(=O)O)[N+](C)(C)C)OC(=O)CC/C=C/CCCCC. The molecule has 0 heterocycles. The van der Waals surface area contributed by atoms with Gasteiger partial charge in [-0.3, -0.25) is 9.59 Å². The Morgan fingerprint density at radius 2 is 1.16 bits per heavy atom. The summed E-state index contributed by atoms with van der Waals surface area (Å²) in [6, 6.07) is -0.622. The van der Waals surface area contributed by atoms with Crippen LogP contribution in [-0.2, 0) is 28.6 Å². The third-order valence-electron chi connectivity index (χ3n) is 8.16. The summed E-state index contributed by atoms with van der Waals surface area (Å²) in [6.07, 6.45) is 38.7. The zero-order chi connectivity index (χ0) is 37.1.